The van der Waals surface area contributed by atoms with Crippen molar-refractivity contribution < 1.29 is 0 Å². The number of nitrogens with zero attached hydrogens (tertiary/aromatic N) is 1. The first kappa shape index (κ1) is 53.1. The van der Waals surface area contributed by atoms with Gasteiger partial charge < -0.3 is 4.90 Å². The van der Waals surface area contributed by atoms with Gasteiger partial charge in [0.2, 0.25) is 0 Å². The van der Waals surface area contributed by atoms with Crippen LogP contribution in [0.1, 0.15) is 118 Å². The van der Waals surface area contributed by atoms with E-state index in [4.69, 9.17) is 0 Å². The maximum Gasteiger partial charge on any atom is 0.0555 e. The van der Waals surface area contributed by atoms with E-state index >= 15 is 0 Å². The van der Waals surface area contributed by atoms with Crippen molar-refractivity contribution in [1.29, 1.82) is 0 Å². The lowest BCUT2D eigenvalue weighted by atomic mass is 9.81. The van der Waals surface area contributed by atoms with Crippen LogP contribution in [0.5, 0.6) is 0 Å². The van der Waals surface area contributed by atoms with Crippen LogP contribution in [0.25, 0.3) is 53.2 Å². The minimum Gasteiger partial charge on any atom is -0.309 e. The van der Waals surface area contributed by atoms with Crippen LogP contribution in [-0.2, 0) is 10.8 Å². The molecule has 0 N–H and O–H groups in total. The van der Waals surface area contributed by atoms with Crippen molar-refractivity contribution >= 4 is 59.3 Å². The number of aryl methyl sites for hydroxylation is 6. The fourth-order valence-electron chi connectivity index (χ4n) is 10.2. The van der Waals surface area contributed by atoms with Crippen molar-refractivity contribution in [3.8, 4) is 22.3 Å². The minimum absolute atomic E-state index is 0.139. The molecule has 0 fully saturated rings. The number of hydrogen-bond acceptors (Lipinski definition) is 2. The molecular formula is C70H77NS. The molecule has 1 aliphatic rings. The lowest BCUT2D eigenvalue weighted by Gasteiger charge is -2.32. The molecule has 72 heavy (non-hydrogen) atoms. The summed E-state index contributed by atoms with van der Waals surface area (Å²) >= 11 is 1.88. The van der Waals surface area contributed by atoms with Gasteiger partial charge in [0.1, 0.15) is 0 Å². The Kier molecular flexibility index (Phi) is 16.5. The lowest BCUT2D eigenvalue weighted by Crippen LogP contribution is -2.17. The number of anilines is 3. The number of rotatable bonds is 4. The van der Waals surface area contributed by atoms with Gasteiger partial charge in [0, 0.05) is 36.7 Å². The molecule has 368 valence electrons. The van der Waals surface area contributed by atoms with Crippen LogP contribution >= 0.6 is 11.3 Å². The Morgan fingerprint density at radius 3 is 1.62 bits per heavy atom. The average Bonchev–Trinajstić information content (AvgIpc) is 3.87. The van der Waals surface area contributed by atoms with Crippen LogP contribution in [0.2, 0.25) is 0 Å². The molecule has 0 spiro atoms. The van der Waals surface area contributed by atoms with E-state index in [1.807, 2.05) is 39.0 Å². The second kappa shape index (κ2) is 22.4. The SMILES string of the molecule is CC.CC.Cc1ccc(C(C)(C)C)cc1.Cc1ccc(C)c(C)c1.Cc1ccc2c(c1)C(C)(C)c1cc(N(c3cccc(-c4ccccc4C)c3C)c3cccc4sc5ccccc5c34)c3ccccc3c1-2. The molecule has 0 amide bonds. The predicted molar refractivity (Wildman–Crippen MR) is 322 cm³/mol. The number of fused-ring (bicyclic) bond motifs is 8. The molecular weight excluding hydrogens is 887 g/mol. The van der Waals surface area contributed by atoms with Gasteiger partial charge in [0.15, 0.2) is 0 Å². The summed E-state index contributed by atoms with van der Waals surface area (Å²) in [7, 11) is 0. The fraction of sp³-hybridized carbons (Fsp3) is 0.257. The Labute approximate surface area is 437 Å². The molecule has 0 bridgehead atoms. The van der Waals surface area contributed by atoms with E-state index in [1.165, 1.54) is 126 Å². The first-order valence-electron chi connectivity index (χ1n) is 26.2. The molecule has 0 atom stereocenters. The first-order chi connectivity index (χ1) is 34.5. The lowest BCUT2D eigenvalue weighted by molar-refractivity contribution is 0.590. The van der Waals surface area contributed by atoms with Gasteiger partial charge in [0.25, 0.3) is 0 Å². The monoisotopic (exact) mass is 964 g/mol. The maximum absolute atomic E-state index is 2.57. The largest absolute Gasteiger partial charge is 0.309 e. The van der Waals surface area contributed by atoms with Crippen LogP contribution in [0.3, 0.4) is 0 Å². The summed E-state index contributed by atoms with van der Waals surface area (Å²) in [4.78, 5) is 2.57. The second-order valence-corrected chi connectivity index (χ2v) is 21.7. The molecule has 0 saturated heterocycles. The third-order valence-corrected chi connectivity index (χ3v) is 15.4. The Morgan fingerprint density at radius 1 is 0.403 bits per heavy atom. The summed E-state index contributed by atoms with van der Waals surface area (Å²) in [6.45, 7) is 34.7. The van der Waals surface area contributed by atoms with Crippen LogP contribution in [0.15, 0.2) is 176 Å². The van der Waals surface area contributed by atoms with Crippen LogP contribution in [0, 0.1) is 48.5 Å². The van der Waals surface area contributed by atoms with Crippen LogP contribution < -0.4 is 4.90 Å². The van der Waals surface area contributed by atoms with E-state index in [2.05, 4.69) is 264 Å². The summed E-state index contributed by atoms with van der Waals surface area (Å²) in [5, 5.41) is 5.18. The van der Waals surface area contributed by atoms with Gasteiger partial charge in [-0.3, -0.25) is 0 Å². The van der Waals surface area contributed by atoms with E-state index in [1.54, 1.807) is 0 Å². The second-order valence-electron chi connectivity index (χ2n) is 20.6. The molecule has 1 heterocycles. The van der Waals surface area contributed by atoms with Gasteiger partial charge >= 0.3 is 0 Å². The molecule has 0 radical (unpaired) electrons. The Morgan fingerprint density at radius 2 is 0.958 bits per heavy atom. The molecule has 1 aromatic heterocycles. The maximum atomic E-state index is 2.57. The Balaban J connectivity index is 0.000000262. The van der Waals surface area contributed by atoms with Gasteiger partial charge in [-0.2, -0.15) is 0 Å². The van der Waals surface area contributed by atoms with Gasteiger partial charge in [-0.15, -0.1) is 11.3 Å². The summed E-state index contributed by atoms with van der Waals surface area (Å²) < 4.78 is 2.62. The smallest absolute Gasteiger partial charge is 0.0555 e. The zero-order valence-electron chi connectivity index (χ0n) is 46.1. The van der Waals surface area contributed by atoms with E-state index < -0.39 is 0 Å². The highest BCUT2D eigenvalue weighted by atomic mass is 32.1. The predicted octanol–water partition coefficient (Wildman–Crippen LogP) is 21.5. The van der Waals surface area contributed by atoms with Crippen molar-refractivity contribution in [3.63, 3.8) is 0 Å². The van der Waals surface area contributed by atoms with Crippen molar-refractivity contribution in [1.82, 2.24) is 0 Å². The number of hydrogen-bond donors (Lipinski definition) is 0. The van der Waals surface area contributed by atoms with Crippen LogP contribution in [-0.4, -0.2) is 0 Å². The number of thiophene rings is 1. The normalized spacial score (nSPS) is 12.0. The topological polar surface area (TPSA) is 3.24 Å². The average molecular weight is 964 g/mol. The van der Waals surface area contributed by atoms with Gasteiger partial charge in [-0.05, 0) is 151 Å². The van der Waals surface area contributed by atoms with Gasteiger partial charge in [-0.25, -0.2) is 0 Å². The highest BCUT2D eigenvalue weighted by Gasteiger charge is 2.38. The van der Waals surface area contributed by atoms with Crippen molar-refractivity contribution in [2.24, 2.45) is 0 Å². The quantitative estimate of drug-likeness (QED) is 0.170. The molecule has 0 unspecified atom stereocenters. The van der Waals surface area contributed by atoms with E-state index in [9.17, 15) is 0 Å². The minimum atomic E-state index is -0.139. The van der Waals surface area contributed by atoms with Crippen molar-refractivity contribution in [2.45, 2.75) is 122 Å². The number of benzene rings is 9. The summed E-state index contributed by atoms with van der Waals surface area (Å²) in [5.41, 5.74) is 22.6. The Bertz CT molecular complexity index is 3480. The molecule has 1 nitrogen and oxygen atoms in total. The van der Waals surface area contributed by atoms with Crippen molar-refractivity contribution in [3.05, 3.63) is 232 Å². The molecule has 10 aromatic rings. The van der Waals surface area contributed by atoms with Crippen LogP contribution in [0.4, 0.5) is 17.1 Å². The molecule has 9 aromatic carbocycles. The highest BCUT2D eigenvalue weighted by Crippen LogP contribution is 2.56. The van der Waals surface area contributed by atoms with Gasteiger partial charge in [0.05, 0.1) is 11.4 Å². The summed E-state index contributed by atoms with van der Waals surface area (Å²) in [6.07, 6.45) is 0. The molecule has 11 rings (SSSR count). The standard InChI is InChI=1S/C46H37NS.C11H16.C9H12.2C2H6/c1-28-24-25-35-37(26-28)46(4,5)38-27-41(33-16-8-9-17-34(33)44(35)38)47(39-20-12-19-32(30(39)3)31-15-7-6-14-29(31)2)40-21-13-23-43-45(40)36-18-10-11-22-42(36)48-43;1-9-5-7-10(8-6-9)11(2,3)4;1-7-4-5-8(2)9(3)6-7;2*1-2/h6-27H,1-5H3;5-8H,1-4H3;4-6H,1-3H3;2*1-2H3. The molecule has 2 heteroatoms. The van der Waals surface area contributed by atoms with Crippen molar-refractivity contribution in [2.75, 3.05) is 4.90 Å². The van der Waals surface area contributed by atoms with E-state index in [0.29, 0.717) is 0 Å². The zero-order chi connectivity index (χ0) is 52.1. The molecule has 0 saturated carbocycles. The van der Waals surface area contributed by atoms with E-state index in [0.717, 1.165) is 0 Å². The van der Waals surface area contributed by atoms with Gasteiger partial charge in [-0.1, -0.05) is 225 Å². The summed E-state index contributed by atoms with van der Waals surface area (Å²) in [6, 6.07) is 65.1. The first-order valence-corrected chi connectivity index (χ1v) is 27.0. The zero-order valence-corrected chi connectivity index (χ0v) is 46.9. The third kappa shape index (κ3) is 10.6. The third-order valence-electron chi connectivity index (χ3n) is 14.2. The summed E-state index contributed by atoms with van der Waals surface area (Å²) in [5.74, 6) is 0. The highest BCUT2D eigenvalue weighted by molar-refractivity contribution is 7.26. The van der Waals surface area contributed by atoms with E-state index in [-0.39, 0.29) is 10.8 Å². The fourth-order valence-corrected chi connectivity index (χ4v) is 11.3. The molecule has 1 aliphatic carbocycles. The molecule has 0 aliphatic heterocycles. The Hall–Kier alpha value is -6.74.